The SMILES string of the molecule is N=C(N=C(N=Cc1ccccc1)c1ccccc1)c1cc(-c2c(-c3ccccc3)cccc2-c2ccccc2)ccc1-c1cccc2c1sc1cc3c4ccccc4n(-c4ccccc4)c3cc12. The van der Waals surface area contributed by atoms with Gasteiger partial charge < -0.3 is 4.57 Å². The van der Waals surface area contributed by atoms with Gasteiger partial charge in [0.25, 0.3) is 0 Å². The predicted octanol–water partition coefficient (Wildman–Crippen LogP) is 16.7. The second-order valence-corrected chi connectivity index (χ2v) is 17.9. The van der Waals surface area contributed by atoms with Crippen molar-refractivity contribution in [2.45, 2.75) is 0 Å². The minimum absolute atomic E-state index is 0.122. The summed E-state index contributed by atoms with van der Waals surface area (Å²) in [6.07, 6.45) is 1.82. The van der Waals surface area contributed by atoms with E-state index in [1.807, 2.05) is 78.2 Å². The number of fused-ring (bicyclic) bond motifs is 6. The highest BCUT2D eigenvalue weighted by molar-refractivity contribution is 7.26. The Balaban J connectivity index is 1.10. The molecule has 1 N–H and O–H groups in total. The van der Waals surface area contributed by atoms with E-state index in [9.17, 15) is 5.41 Å². The Morgan fingerprint density at radius 2 is 1.03 bits per heavy atom. The maximum atomic E-state index is 10.1. The first-order valence-electron chi connectivity index (χ1n) is 22.8. The molecule has 5 heteroatoms. The minimum atomic E-state index is 0.122. The molecule has 12 aromatic rings. The lowest BCUT2D eigenvalue weighted by Gasteiger charge is -2.19. The van der Waals surface area contributed by atoms with Crippen LogP contribution in [-0.4, -0.2) is 22.5 Å². The van der Waals surface area contributed by atoms with Crippen molar-refractivity contribution in [2.24, 2.45) is 9.98 Å². The zero-order valence-electron chi connectivity index (χ0n) is 36.9. The van der Waals surface area contributed by atoms with Crippen LogP contribution in [0.3, 0.4) is 0 Å². The predicted molar refractivity (Wildman–Crippen MR) is 289 cm³/mol. The molecule has 12 rings (SSSR count). The molecule has 0 aliphatic rings. The average molecular weight is 887 g/mol. The number of thiophene rings is 1. The number of benzene rings is 10. The fourth-order valence-electron chi connectivity index (χ4n) is 9.63. The molecule has 0 spiro atoms. The Bertz CT molecular complexity index is 3830. The van der Waals surface area contributed by atoms with Crippen molar-refractivity contribution < 1.29 is 0 Å². The molecule has 0 saturated carbocycles. The molecule has 0 unspecified atom stereocenters. The van der Waals surface area contributed by atoms with E-state index in [1.54, 1.807) is 0 Å². The Morgan fingerprint density at radius 1 is 0.441 bits per heavy atom. The van der Waals surface area contributed by atoms with Crippen molar-refractivity contribution in [3.8, 4) is 50.2 Å². The first-order valence-corrected chi connectivity index (χ1v) is 23.6. The molecule has 0 aliphatic heterocycles. The number of hydrogen-bond acceptors (Lipinski definition) is 2. The zero-order chi connectivity index (χ0) is 45.4. The van der Waals surface area contributed by atoms with Gasteiger partial charge in [0.2, 0.25) is 0 Å². The molecule has 0 aliphatic carbocycles. The van der Waals surface area contributed by atoms with Crippen LogP contribution in [0.2, 0.25) is 0 Å². The third-order valence-electron chi connectivity index (χ3n) is 12.8. The molecule has 0 saturated heterocycles. The van der Waals surface area contributed by atoms with Crippen molar-refractivity contribution >= 4 is 71.2 Å². The fourth-order valence-corrected chi connectivity index (χ4v) is 10.9. The summed E-state index contributed by atoms with van der Waals surface area (Å²) in [6.45, 7) is 0. The fraction of sp³-hybridized carbons (Fsp3) is 0. The summed E-state index contributed by atoms with van der Waals surface area (Å²) in [4.78, 5) is 10.1. The van der Waals surface area contributed by atoms with E-state index in [0.717, 1.165) is 66.0 Å². The Kier molecular flexibility index (Phi) is 10.5. The van der Waals surface area contributed by atoms with Crippen LogP contribution in [-0.2, 0) is 0 Å². The van der Waals surface area contributed by atoms with Crippen LogP contribution in [0.1, 0.15) is 16.7 Å². The average Bonchev–Trinajstić information content (AvgIpc) is 3.95. The number of amidine groups is 2. The highest BCUT2D eigenvalue weighted by atomic mass is 32.1. The molecule has 0 bridgehead atoms. The van der Waals surface area contributed by atoms with Gasteiger partial charge in [-0.3, -0.25) is 5.41 Å². The first-order chi connectivity index (χ1) is 33.7. The molecule has 2 aromatic heterocycles. The zero-order valence-corrected chi connectivity index (χ0v) is 37.7. The Hall–Kier alpha value is -8.77. The molecule has 68 heavy (non-hydrogen) atoms. The Morgan fingerprint density at radius 3 is 1.74 bits per heavy atom. The van der Waals surface area contributed by atoms with Crippen LogP contribution in [0.15, 0.2) is 253 Å². The molecule has 320 valence electrons. The van der Waals surface area contributed by atoms with Crippen LogP contribution in [0.5, 0.6) is 0 Å². The smallest absolute Gasteiger partial charge is 0.161 e. The highest BCUT2D eigenvalue weighted by Gasteiger charge is 2.22. The second-order valence-electron chi connectivity index (χ2n) is 16.9. The largest absolute Gasteiger partial charge is 0.309 e. The van der Waals surface area contributed by atoms with E-state index in [-0.39, 0.29) is 5.84 Å². The summed E-state index contributed by atoms with van der Waals surface area (Å²) in [6, 6.07) is 85.0. The van der Waals surface area contributed by atoms with Gasteiger partial charge in [0.1, 0.15) is 0 Å². The van der Waals surface area contributed by atoms with Crippen molar-refractivity contribution in [2.75, 3.05) is 0 Å². The number of hydrogen-bond donors (Lipinski definition) is 1. The molecule has 0 radical (unpaired) electrons. The quantitative estimate of drug-likeness (QED) is 0.117. The van der Waals surface area contributed by atoms with Crippen LogP contribution in [0.4, 0.5) is 0 Å². The van der Waals surface area contributed by atoms with Crippen molar-refractivity contribution in [3.63, 3.8) is 0 Å². The van der Waals surface area contributed by atoms with E-state index < -0.39 is 0 Å². The molecular weight excluding hydrogens is 845 g/mol. The monoisotopic (exact) mass is 886 g/mol. The number of nitrogens with one attached hydrogen (secondary N) is 1. The van der Waals surface area contributed by atoms with Gasteiger partial charge in [-0.25, -0.2) is 9.98 Å². The van der Waals surface area contributed by atoms with Crippen molar-refractivity contribution in [1.82, 2.24) is 4.57 Å². The maximum Gasteiger partial charge on any atom is 0.161 e. The standard InChI is InChI=1S/C63H42N4S/c64-62(66-63(45-26-12-4-13-27-45)65-41-42-20-6-1-7-21-42)56-38-46(60-48(43-22-8-2-9-23-43)31-18-32-49(60)44-24-10-3-11-25-44)36-37-50(56)52-33-19-34-53-55-39-58-54(40-59(55)68-61(52)53)51-30-16-17-35-57(51)67(58)47-28-14-5-15-29-47/h1-41,64H. The van der Waals surface area contributed by atoms with Gasteiger partial charge in [-0.05, 0) is 80.9 Å². The van der Waals surface area contributed by atoms with E-state index in [1.165, 1.54) is 37.3 Å². The van der Waals surface area contributed by atoms with Gasteiger partial charge in [0.05, 0.1) is 11.0 Å². The van der Waals surface area contributed by atoms with E-state index in [4.69, 9.17) is 9.98 Å². The van der Waals surface area contributed by atoms with E-state index in [2.05, 4.69) is 187 Å². The van der Waals surface area contributed by atoms with Crippen LogP contribution >= 0.6 is 11.3 Å². The van der Waals surface area contributed by atoms with Gasteiger partial charge in [0, 0.05) is 59.5 Å². The summed E-state index contributed by atoms with van der Waals surface area (Å²) in [5.74, 6) is 0.583. The third-order valence-corrected chi connectivity index (χ3v) is 14.0. The third kappa shape index (κ3) is 7.41. The van der Waals surface area contributed by atoms with E-state index in [0.29, 0.717) is 11.4 Å². The molecule has 0 fully saturated rings. The lowest BCUT2D eigenvalue weighted by atomic mass is 9.85. The molecule has 0 atom stereocenters. The topological polar surface area (TPSA) is 53.5 Å². The normalized spacial score (nSPS) is 11.9. The van der Waals surface area contributed by atoms with Gasteiger partial charge in [-0.2, -0.15) is 0 Å². The van der Waals surface area contributed by atoms with Crippen LogP contribution in [0, 0.1) is 5.41 Å². The Labute approximate surface area is 398 Å². The van der Waals surface area contributed by atoms with Gasteiger partial charge >= 0.3 is 0 Å². The van der Waals surface area contributed by atoms with Gasteiger partial charge in [-0.1, -0.05) is 206 Å². The highest BCUT2D eigenvalue weighted by Crippen LogP contribution is 2.46. The maximum absolute atomic E-state index is 10.1. The van der Waals surface area contributed by atoms with Gasteiger partial charge in [0.15, 0.2) is 11.7 Å². The van der Waals surface area contributed by atoms with Crippen LogP contribution < -0.4 is 0 Å². The molecule has 0 amide bonds. The summed E-state index contributed by atoms with van der Waals surface area (Å²) < 4.78 is 4.76. The second kappa shape index (κ2) is 17.6. The summed E-state index contributed by atoms with van der Waals surface area (Å²) in [5, 5.41) is 14.9. The summed E-state index contributed by atoms with van der Waals surface area (Å²) in [7, 11) is 0. The van der Waals surface area contributed by atoms with Gasteiger partial charge in [-0.15, -0.1) is 11.3 Å². The lowest BCUT2D eigenvalue weighted by Crippen LogP contribution is -2.06. The first kappa shape index (κ1) is 40.7. The molecule has 2 heterocycles. The van der Waals surface area contributed by atoms with Crippen molar-refractivity contribution in [3.05, 3.63) is 259 Å². The number of para-hydroxylation sites is 2. The van der Waals surface area contributed by atoms with E-state index >= 15 is 0 Å². The molecule has 10 aromatic carbocycles. The number of rotatable bonds is 8. The summed E-state index contributed by atoms with van der Waals surface area (Å²) in [5.41, 5.74) is 14.5. The molecular formula is C63H42N4S. The van der Waals surface area contributed by atoms with Crippen LogP contribution in [0.25, 0.3) is 92.2 Å². The number of nitrogens with zero attached hydrogens (tertiary/aromatic N) is 3. The minimum Gasteiger partial charge on any atom is -0.309 e. The van der Waals surface area contributed by atoms with Crippen molar-refractivity contribution in [1.29, 1.82) is 5.41 Å². The summed E-state index contributed by atoms with van der Waals surface area (Å²) >= 11 is 1.81. The number of aromatic nitrogens is 1. The lowest BCUT2D eigenvalue weighted by molar-refractivity contribution is 1.18. The molecule has 4 nitrogen and oxygen atoms in total. The number of aliphatic imine (C=N–C) groups is 2.